The third kappa shape index (κ3) is 9.37. The summed E-state index contributed by atoms with van der Waals surface area (Å²) in [5, 5.41) is 19.2. The second-order valence-corrected chi connectivity index (χ2v) is 14.6. The molecule has 16 heteroatoms. The summed E-state index contributed by atoms with van der Waals surface area (Å²) < 4.78 is 91.5. The SMILES string of the molecule is COc1cccn2c(C#Cc3cc(C(CO)SCc4nc5ccc(Cl)cn5c4C#Cc4cccc(C(F)(F)F)c4)cc(C(F)(F)F)c3)c(CSCCO)nc12. The maximum atomic E-state index is 14.3. The third-order valence-corrected chi connectivity index (χ3v) is 10.6. The summed E-state index contributed by atoms with van der Waals surface area (Å²) in [5.41, 5.74) is 1.11. The van der Waals surface area contributed by atoms with Crippen molar-refractivity contribution in [3.8, 4) is 29.4 Å². The molecule has 6 aromatic rings. The number of pyridine rings is 2. The van der Waals surface area contributed by atoms with E-state index in [2.05, 4.69) is 33.6 Å². The third-order valence-electron chi connectivity index (χ3n) is 8.12. The minimum atomic E-state index is -4.73. The number of fused-ring (bicyclic) bond motifs is 2. The Balaban J connectivity index is 1.35. The van der Waals surface area contributed by atoms with Crippen molar-refractivity contribution in [1.29, 1.82) is 0 Å². The first-order valence-corrected chi connectivity index (χ1v) is 18.9. The zero-order valence-corrected chi connectivity index (χ0v) is 31.1. The van der Waals surface area contributed by atoms with Crippen LogP contribution in [0.5, 0.6) is 5.75 Å². The fraction of sp³-hybridized carbons (Fsp3) is 0.231. The van der Waals surface area contributed by atoms with Crippen molar-refractivity contribution in [2.24, 2.45) is 0 Å². The number of benzene rings is 2. The molecule has 0 bridgehead atoms. The van der Waals surface area contributed by atoms with Gasteiger partial charge in [0.2, 0.25) is 0 Å². The highest BCUT2D eigenvalue weighted by Crippen LogP contribution is 2.37. The van der Waals surface area contributed by atoms with E-state index in [4.69, 9.17) is 16.3 Å². The number of methoxy groups -OCH3 is 1. The molecule has 2 aromatic carbocycles. The van der Waals surface area contributed by atoms with Crippen LogP contribution in [0.2, 0.25) is 5.02 Å². The minimum Gasteiger partial charge on any atom is -0.493 e. The van der Waals surface area contributed by atoms with Crippen molar-refractivity contribution in [2.45, 2.75) is 29.1 Å². The van der Waals surface area contributed by atoms with E-state index in [0.717, 1.165) is 36.0 Å². The highest BCUT2D eigenvalue weighted by Gasteiger charge is 2.32. The van der Waals surface area contributed by atoms with E-state index in [1.54, 1.807) is 45.5 Å². The predicted molar refractivity (Wildman–Crippen MR) is 201 cm³/mol. The van der Waals surface area contributed by atoms with Gasteiger partial charge in [0.05, 0.1) is 53.1 Å². The lowest BCUT2D eigenvalue weighted by molar-refractivity contribution is -0.138. The second-order valence-electron chi connectivity index (χ2n) is 11.8. The molecule has 0 aliphatic carbocycles. The number of nitrogens with zero attached hydrogens (tertiary/aromatic N) is 4. The van der Waals surface area contributed by atoms with Gasteiger partial charge in [-0.2, -0.15) is 38.1 Å². The van der Waals surface area contributed by atoms with Crippen molar-refractivity contribution in [3.05, 3.63) is 135 Å². The van der Waals surface area contributed by atoms with Gasteiger partial charge in [-0.05, 0) is 78.1 Å². The maximum Gasteiger partial charge on any atom is 0.416 e. The number of imidazole rings is 2. The van der Waals surface area contributed by atoms with E-state index in [1.807, 2.05) is 0 Å². The van der Waals surface area contributed by atoms with Crippen molar-refractivity contribution < 1.29 is 41.3 Å². The fourth-order valence-electron chi connectivity index (χ4n) is 5.56. The molecular formula is C39H29ClF6N4O3S2. The summed E-state index contributed by atoms with van der Waals surface area (Å²) in [7, 11) is 1.49. The van der Waals surface area contributed by atoms with Gasteiger partial charge in [-0.3, -0.25) is 8.80 Å². The van der Waals surface area contributed by atoms with Crippen LogP contribution in [0.25, 0.3) is 11.3 Å². The van der Waals surface area contributed by atoms with Crippen LogP contribution in [-0.2, 0) is 23.9 Å². The summed E-state index contributed by atoms with van der Waals surface area (Å²) >= 11 is 8.77. The topological polar surface area (TPSA) is 84.3 Å². The lowest BCUT2D eigenvalue weighted by Crippen LogP contribution is -2.09. The monoisotopic (exact) mass is 814 g/mol. The van der Waals surface area contributed by atoms with Gasteiger partial charge in [-0.15, -0.1) is 11.8 Å². The van der Waals surface area contributed by atoms with Gasteiger partial charge in [-0.1, -0.05) is 29.5 Å². The quantitative estimate of drug-likeness (QED) is 0.0814. The lowest BCUT2D eigenvalue weighted by Gasteiger charge is -2.17. The number of ether oxygens (including phenoxy) is 1. The molecule has 284 valence electrons. The number of alkyl halides is 6. The first-order chi connectivity index (χ1) is 26.3. The van der Waals surface area contributed by atoms with Crippen LogP contribution in [0.1, 0.15) is 55.8 Å². The fourth-order valence-corrected chi connectivity index (χ4v) is 7.38. The Morgan fingerprint density at radius 2 is 1.51 bits per heavy atom. The highest BCUT2D eigenvalue weighted by atomic mass is 35.5. The molecule has 0 fully saturated rings. The van der Waals surface area contributed by atoms with E-state index in [1.165, 1.54) is 37.1 Å². The van der Waals surface area contributed by atoms with E-state index < -0.39 is 35.3 Å². The molecule has 7 nitrogen and oxygen atoms in total. The van der Waals surface area contributed by atoms with Crippen LogP contribution in [0.4, 0.5) is 26.3 Å². The van der Waals surface area contributed by atoms with E-state index in [0.29, 0.717) is 56.3 Å². The van der Waals surface area contributed by atoms with Gasteiger partial charge in [0.25, 0.3) is 0 Å². The molecule has 0 aliphatic heterocycles. The smallest absolute Gasteiger partial charge is 0.416 e. The summed E-state index contributed by atoms with van der Waals surface area (Å²) in [6.45, 7) is -0.581. The first-order valence-electron chi connectivity index (χ1n) is 16.3. The van der Waals surface area contributed by atoms with Gasteiger partial charge < -0.3 is 14.9 Å². The zero-order chi connectivity index (χ0) is 39.3. The van der Waals surface area contributed by atoms with Crippen LogP contribution >= 0.6 is 35.1 Å². The molecule has 0 aliphatic rings. The number of hydrogen-bond acceptors (Lipinski definition) is 7. The molecule has 0 saturated carbocycles. The molecule has 55 heavy (non-hydrogen) atoms. The predicted octanol–water partition coefficient (Wildman–Crippen LogP) is 8.67. The Morgan fingerprint density at radius 1 is 0.800 bits per heavy atom. The van der Waals surface area contributed by atoms with Gasteiger partial charge in [0.1, 0.15) is 17.0 Å². The number of rotatable bonds is 10. The van der Waals surface area contributed by atoms with Crippen LogP contribution in [0.3, 0.4) is 0 Å². The van der Waals surface area contributed by atoms with Crippen LogP contribution in [0, 0.1) is 23.7 Å². The Labute approximate surface area is 324 Å². The first kappa shape index (κ1) is 39.9. The standard InChI is InChI=1S/C39H29ClF6N4O3S2/c1-53-34-6-3-13-49-32(30(48-37(34)49)22-54-15-14-51)11-8-25-16-26(19-28(18-25)39(44,45)46)35(21-52)55-23-31-33(50-20-29(40)9-12-36(50)47-31)10-7-24-4-2-5-27(17-24)38(41,42)43/h2-6,9,12-13,16-20,35,51-52H,14-15,21-23H2,1H3. The Hall–Kier alpha value is -4.77. The minimum absolute atomic E-state index is 0.0422. The van der Waals surface area contributed by atoms with Gasteiger partial charge in [0, 0.05) is 40.8 Å². The summed E-state index contributed by atoms with van der Waals surface area (Å²) in [4.78, 5) is 9.27. The zero-order valence-electron chi connectivity index (χ0n) is 28.7. The molecule has 1 unspecified atom stereocenters. The molecule has 0 saturated heterocycles. The molecule has 0 spiro atoms. The Morgan fingerprint density at radius 3 is 2.22 bits per heavy atom. The van der Waals surface area contributed by atoms with E-state index in [-0.39, 0.29) is 29.1 Å². The summed E-state index contributed by atoms with van der Waals surface area (Å²) in [6.07, 6.45) is -6.02. The average Bonchev–Trinajstić information content (AvgIpc) is 3.69. The van der Waals surface area contributed by atoms with Gasteiger partial charge >= 0.3 is 12.4 Å². The number of thioether (sulfide) groups is 2. The number of aliphatic hydroxyl groups excluding tert-OH is 2. The van der Waals surface area contributed by atoms with E-state index >= 15 is 0 Å². The van der Waals surface area contributed by atoms with Gasteiger partial charge in [0.15, 0.2) is 11.4 Å². The van der Waals surface area contributed by atoms with Crippen molar-refractivity contribution in [1.82, 2.24) is 18.8 Å². The normalized spacial score (nSPS) is 12.3. The Kier molecular flexibility index (Phi) is 12.3. The number of hydrogen-bond donors (Lipinski definition) is 2. The molecular weight excluding hydrogens is 786 g/mol. The van der Waals surface area contributed by atoms with E-state index in [9.17, 15) is 36.6 Å². The van der Waals surface area contributed by atoms with Crippen molar-refractivity contribution >= 4 is 46.4 Å². The van der Waals surface area contributed by atoms with Crippen molar-refractivity contribution in [3.63, 3.8) is 0 Å². The molecule has 0 amide bonds. The maximum absolute atomic E-state index is 14.3. The second kappa shape index (κ2) is 16.9. The van der Waals surface area contributed by atoms with Crippen LogP contribution in [-0.4, -0.2) is 55.1 Å². The number of halogens is 7. The number of aliphatic hydroxyl groups is 2. The average molecular weight is 815 g/mol. The Bertz CT molecular complexity index is 2480. The summed E-state index contributed by atoms with van der Waals surface area (Å²) in [6, 6.07) is 14.6. The van der Waals surface area contributed by atoms with Crippen molar-refractivity contribution in [2.75, 3.05) is 26.1 Å². The molecule has 2 N–H and O–H groups in total. The summed E-state index contributed by atoms with van der Waals surface area (Å²) in [5.74, 6) is 12.9. The highest BCUT2D eigenvalue weighted by molar-refractivity contribution is 7.98. The molecule has 4 aromatic heterocycles. The molecule has 0 radical (unpaired) electrons. The largest absolute Gasteiger partial charge is 0.493 e. The molecule has 6 rings (SSSR count). The lowest BCUT2D eigenvalue weighted by atomic mass is 10.0. The van der Waals surface area contributed by atoms with Gasteiger partial charge in [-0.25, -0.2) is 9.97 Å². The molecule has 4 heterocycles. The molecule has 1 atom stereocenters. The van der Waals surface area contributed by atoms with Crippen LogP contribution < -0.4 is 4.74 Å². The number of aromatic nitrogens is 4. The van der Waals surface area contributed by atoms with Crippen LogP contribution in [0.15, 0.2) is 79.1 Å².